The topological polar surface area (TPSA) is 84.9 Å². The molecule has 0 spiro atoms. The zero-order valence-corrected chi connectivity index (χ0v) is 17.6. The summed E-state index contributed by atoms with van der Waals surface area (Å²) in [6.45, 7) is 0.881. The van der Waals surface area contributed by atoms with Crippen LogP contribution in [0.2, 0.25) is 5.02 Å². The van der Waals surface area contributed by atoms with Crippen molar-refractivity contribution in [3.8, 4) is 11.5 Å². The van der Waals surface area contributed by atoms with Gasteiger partial charge in [0.25, 0.3) is 5.91 Å². The van der Waals surface area contributed by atoms with Crippen molar-refractivity contribution in [3.05, 3.63) is 53.1 Å². The third-order valence-corrected chi connectivity index (χ3v) is 6.77. The number of nitrogens with one attached hydrogen (secondary N) is 1. The molecule has 0 radical (unpaired) electrons. The Morgan fingerprint density at radius 1 is 1.14 bits per heavy atom. The smallest absolute Gasteiger partial charge is 0.258 e. The van der Waals surface area contributed by atoms with Crippen molar-refractivity contribution in [2.24, 2.45) is 0 Å². The number of halogens is 1. The number of benzene rings is 2. The Balaban J connectivity index is 1.67. The minimum Gasteiger partial charge on any atom is -0.496 e. The number of amides is 1. The minimum absolute atomic E-state index is 0.0237. The number of nitrogens with zero attached hydrogens (tertiary/aromatic N) is 1. The molecule has 0 bridgehead atoms. The van der Waals surface area contributed by atoms with E-state index in [0.29, 0.717) is 18.8 Å². The molecule has 0 atom stereocenters. The molecule has 29 heavy (non-hydrogen) atoms. The zero-order valence-electron chi connectivity index (χ0n) is 16.1. The first-order chi connectivity index (χ1) is 13.9. The van der Waals surface area contributed by atoms with Gasteiger partial charge in [0.05, 0.1) is 7.11 Å². The Bertz CT molecular complexity index is 975. The lowest BCUT2D eigenvalue weighted by atomic mass is 10.2. The highest BCUT2D eigenvalue weighted by Crippen LogP contribution is 2.31. The van der Waals surface area contributed by atoms with Gasteiger partial charge < -0.3 is 14.8 Å². The van der Waals surface area contributed by atoms with Crippen LogP contribution in [0.3, 0.4) is 0 Å². The highest BCUT2D eigenvalue weighted by Gasteiger charge is 2.30. The molecule has 1 aliphatic heterocycles. The molecular formula is C20H23ClN2O5S. The Morgan fingerprint density at radius 2 is 1.86 bits per heavy atom. The summed E-state index contributed by atoms with van der Waals surface area (Å²) in [5.41, 5.74) is 0.826. The van der Waals surface area contributed by atoms with Crippen LogP contribution in [0.1, 0.15) is 18.4 Å². The summed E-state index contributed by atoms with van der Waals surface area (Å²) < 4.78 is 38.0. The summed E-state index contributed by atoms with van der Waals surface area (Å²) in [6, 6.07) is 11.7. The van der Waals surface area contributed by atoms with Crippen LogP contribution in [-0.2, 0) is 21.4 Å². The van der Waals surface area contributed by atoms with E-state index in [1.807, 2.05) is 18.2 Å². The van der Waals surface area contributed by atoms with Crippen LogP contribution in [0.5, 0.6) is 11.5 Å². The van der Waals surface area contributed by atoms with Crippen molar-refractivity contribution in [2.75, 3.05) is 26.8 Å². The molecular weight excluding hydrogens is 416 g/mol. The molecule has 1 aliphatic rings. The Kier molecular flexibility index (Phi) is 7.00. The first-order valence-electron chi connectivity index (χ1n) is 9.23. The lowest BCUT2D eigenvalue weighted by molar-refractivity contribution is -0.123. The van der Waals surface area contributed by atoms with Crippen LogP contribution in [0.4, 0.5) is 0 Å². The van der Waals surface area contributed by atoms with E-state index in [0.717, 1.165) is 18.4 Å². The first kappa shape index (κ1) is 21.4. The summed E-state index contributed by atoms with van der Waals surface area (Å²) in [4.78, 5) is 12.2. The number of carbonyl (C=O) groups is 1. The molecule has 9 heteroatoms. The number of ether oxygens (including phenoxy) is 2. The number of sulfonamides is 1. The molecule has 0 saturated carbocycles. The van der Waals surface area contributed by atoms with Crippen molar-refractivity contribution in [1.29, 1.82) is 0 Å². The Labute approximate surface area is 175 Å². The Hall–Kier alpha value is -2.29. The van der Waals surface area contributed by atoms with Crippen LogP contribution in [0.15, 0.2) is 47.4 Å². The lowest BCUT2D eigenvalue weighted by Crippen LogP contribution is -2.30. The predicted octanol–water partition coefficient (Wildman–Crippen LogP) is 2.83. The van der Waals surface area contributed by atoms with Gasteiger partial charge in [-0.05, 0) is 37.1 Å². The van der Waals surface area contributed by atoms with Crippen LogP contribution in [-0.4, -0.2) is 45.4 Å². The van der Waals surface area contributed by atoms with Crippen molar-refractivity contribution < 1.29 is 22.7 Å². The molecule has 3 rings (SSSR count). The average Bonchev–Trinajstić information content (AvgIpc) is 3.27. The number of rotatable bonds is 8. The standard InChI is InChI=1S/C20H23ClN2O5S/c1-27-17-7-3-2-6-15(17)13-22-20(24)14-28-18-9-8-16(21)12-19(18)29(25,26)23-10-4-5-11-23/h2-3,6-9,12H,4-5,10-11,13-14H2,1H3,(H,22,24). The minimum atomic E-state index is -3.73. The third-order valence-electron chi connectivity index (χ3n) is 4.62. The van der Waals surface area contributed by atoms with E-state index in [1.54, 1.807) is 13.2 Å². The molecule has 156 valence electrons. The summed E-state index contributed by atoms with van der Waals surface area (Å²) in [5.74, 6) is 0.398. The maximum absolute atomic E-state index is 12.9. The van der Waals surface area contributed by atoms with Gasteiger partial charge in [-0.25, -0.2) is 8.42 Å². The molecule has 1 fully saturated rings. The van der Waals surface area contributed by atoms with E-state index in [1.165, 1.54) is 22.5 Å². The summed E-state index contributed by atoms with van der Waals surface area (Å²) >= 11 is 6.01. The normalized spacial score (nSPS) is 14.6. The summed E-state index contributed by atoms with van der Waals surface area (Å²) in [6.07, 6.45) is 1.64. The predicted molar refractivity (Wildman–Crippen MR) is 110 cm³/mol. The van der Waals surface area contributed by atoms with Gasteiger partial charge in [-0.2, -0.15) is 4.31 Å². The van der Waals surface area contributed by atoms with E-state index in [4.69, 9.17) is 21.1 Å². The van der Waals surface area contributed by atoms with Gasteiger partial charge in [-0.3, -0.25) is 4.79 Å². The van der Waals surface area contributed by atoms with E-state index >= 15 is 0 Å². The van der Waals surface area contributed by atoms with Gasteiger partial charge in [0.15, 0.2) is 6.61 Å². The fraction of sp³-hybridized carbons (Fsp3) is 0.350. The average molecular weight is 439 g/mol. The molecule has 2 aromatic carbocycles. The highest BCUT2D eigenvalue weighted by atomic mass is 35.5. The maximum Gasteiger partial charge on any atom is 0.258 e. The van der Waals surface area contributed by atoms with Crippen LogP contribution < -0.4 is 14.8 Å². The van der Waals surface area contributed by atoms with E-state index < -0.39 is 10.0 Å². The molecule has 2 aromatic rings. The second kappa shape index (κ2) is 9.47. The largest absolute Gasteiger partial charge is 0.496 e. The summed E-state index contributed by atoms with van der Waals surface area (Å²) in [7, 11) is -2.17. The van der Waals surface area contributed by atoms with E-state index in [2.05, 4.69) is 5.32 Å². The number of hydrogen-bond donors (Lipinski definition) is 1. The second-order valence-electron chi connectivity index (χ2n) is 6.58. The second-order valence-corrected chi connectivity index (χ2v) is 8.92. The number of carbonyl (C=O) groups excluding carboxylic acids is 1. The third kappa shape index (κ3) is 5.20. The van der Waals surface area contributed by atoms with Crippen molar-refractivity contribution in [3.63, 3.8) is 0 Å². The lowest BCUT2D eigenvalue weighted by Gasteiger charge is -2.18. The van der Waals surface area contributed by atoms with Crippen LogP contribution in [0.25, 0.3) is 0 Å². The number of methoxy groups -OCH3 is 1. The van der Waals surface area contributed by atoms with Gasteiger partial charge >= 0.3 is 0 Å². The van der Waals surface area contributed by atoms with Crippen molar-refractivity contribution in [2.45, 2.75) is 24.3 Å². The molecule has 1 saturated heterocycles. The molecule has 1 heterocycles. The molecule has 0 aliphatic carbocycles. The summed E-state index contributed by atoms with van der Waals surface area (Å²) in [5, 5.41) is 3.03. The van der Waals surface area contributed by atoms with Gasteiger partial charge in [-0.1, -0.05) is 29.8 Å². The SMILES string of the molecule is COc1ccccc1CNC(=O)COc1ccc(Cl)cc1S(=O)(=O)N1CCCC1. The molecule has 1 N–H and O–H groups in total. The molecule has 7 nitrogen and oxygen atoms in total. The van der Waals surface area contributed by atoms with Gasteiger partial charge in [-0.15, -0.1) is 0 Å². The van der Waals surface area contributed by atoms with Crippen LogP contribution in [0, 0.1) is 0 Å². The quantitative estimate of drug-likeness (QED) is 0.685. The zero-order chi connectivity index (χ0) is 20.9. The van der Waals surface area contributed by atoms with E-state index in [9.17, 15) is 13.2 Å². The monoisotopic (exact) mass is 438 g/mol. The number of para-hydroxylation sites is 1. The van der Waals surface area contributed by atoms with Crippen LogP contribution >= 0.6 is 11.6 Å². The maximum atomic E-state index is 12.9. The van der Waals surface area contributed by atoms with E-state index in [-0.39, 0.29) is 34.7 Å². The fourth-order valence-corrected chi connectivity index (χ4v) is 5.02. The Morgan fingerprint density at radius 3 is 2.59 bits per heavy atom. The van der Waals surface area contributed by atoms with Crippen molar-refractivity contribution >= 4 is 27.5 Å². The first-order valence-corrected chi connectivity index (χ1v) is 11.0. The van der Waals surface area contributed by atoms with Gasteiger partial charge in [0.1, 0.15) is 16.4 Å². The van der Waals surface area contributed by atoms with Crippen molar-refractivity contribution in [1.82, 2.24) is 9.62 Å². The van der Waals surface area contributed by atoms with Gasteiger partial charge in [0.2, 0.25) is 10.0 Å². The molecule has 1 amide bonds. The molecule has 0 aromatic heterocycles. The highest BCUT2D eigenvalue weighted by molar-refractivity contribution is 7.89. The molecule has 0 unspecified atom stereocenters. The fourth-order valence-electron chi connectivity index (χ4n) is 3.11. The number of hydrogen-bond acceptors (Lipinski definition) is 5. The van der Waals surface area contributed by atoms with Gasteiger partial charge in [0, 0.05) is 30.2 Å².